The first-order valence-electron chi connectivity index (χ1n) is 12.9. The number of sulfonamides is 2. The molecule has 1 aliphatic heterocycles. The molecule has 12 heteroatoms. The lowest BCUT2D eigenvalue weighted by molar-refractivity contribution is -0.120. The molecular weight excluding hydrogens is 605 g/mol. The predicted octanol–water partition coefficient (Wildman–Crippen LogP) is 6.13. The topological polar surface area (TPSA) is 113 Å². The van der Waals surface area contributed by atoms with Gasteiger partial charge in [0, 0.05) is 45.7 Å². The van der Waals surface area contributed by atoms with E-state index in [1.165, 1.54) is 28.6 Å². The molecule has 0 radical (unpaired) electrons. The van der Waals surface area contributed by atoms with Gasteiger partial charge < -0.3 is 5.32 Å². The second kappa shape index (κ2) is 12.0. The van der Waals surface area contributed by atoms with Crippen molar-refractivity contribution in [2.75, 3.05) is 23.1 Å². The van der Waals surface area contributed by atoms with Crippen molar-refractivity contribution in [3.05, 3.63) is 101 Å². The van der Waals surface area contributed by atoms with Crippen molar-refractivity contribution in [2.45, 2.75) is 23.5 Å². The second-order valence-electron chi connectivity index (χ2n) is 9.78. The Morgan fingerprint density at radius 3 is 2.10 bits per heavy atom. The van der Waals surface area contributed by atoms with Gasteiger partial charge in [-0.25, -0.2) is 21.1 Å². The van der Waals surface area contributed by atoms with Gasteiger partial charge in [-0.3, -0.25) is 9.52 Å². The van der Waals surface area contributed by atoms with Crippen molar-refractivity contribution < 1.29 is 21.6 Å². The van der Waals surface area contributed by atoms with E-state index in [0.29, 0.717) is 39.8 Å². The zero-order valence-electron chi connectivity index (χ0n) is 21.8. The van der Waals surface area contributed by atoms with Gasteiger partial charge in [0.15, 0.2) is 0 Å². The van der Waals surface area contributed by atoms with Crippen LogP contribution in [0.5, 0.6) is 0 Å². The number of carbonyl (C=O) groups excluding carboxylic acids is 1. The summed E-state index contributed by atoms with van der Waals surface area (Å²) < 4.78 is 56.0. The van der Waals surface area contributed by atoms with E-state index in [-0.39, 0.29) is 35.6 Å². The molecule has 4 aromatic carbocycles. The van der Waals surface area contributed by atoms with Crippen molar-refractivity contribution in [1.82, 2.24) is 4.31 Å². The average Bonchev–Trinajstić information content (AvgIpc) is 2.95. The number of benzene rings is 4. The van der Waals surface area contributed by atoms with E-state index in [1.807, 2.05) is 30.3 Å². The quantitative estimate of drug-likeness (QED) is 0.243. The van der Waals surface area contributed by atoms with Gasteiger partial charge in [-0.15, -0.1) is 0 Å². The Labute approximate surface area is 249 Å². The van der Waals surface area contributed by atoms with E-state index < -0.39 is 20.0 Å². The van der Waals surface area contributed by atoms with Gasteiger partial charge >= 0.3 is 0 Å². The maximum Gasteiger partial charge on any atom is 0.261 e. The third kappa shape index (κ3) is 6.68. The third-order valence-electron chi connectivity index (χ3n) is 7.07. The lowest BCUT2D eigenvalue weighted by Crippen LogP contribution is -2.42. The van der Waals surface area contributed by atoms with Crippen molar-refractivity contribution in [3.8, 4) is 0 Å². The summed E-state index contributed by atoms with van der Waals surface area (Å²) in [5.41, 5.74) is 1.28. The van der Waals surface area contributed by atoms with Crippen molar-refractivity contribution in [1.29, 1.82) is 0 Å². The van der Waals surface area contributed by atoms with Gasteiger partial charge in [-0.2, -0.15) is 0 Å². The molecule has 1 fully saturated rings. The fourth-order valence-corrected chi connectivity index (χ4v) is 8.21. The molecule has 1 aliphatic rings. The third-order valence-corrected chi connectivity index (χ3v) is 11.0. The normalized spacial score (nSPS) is 15.1. The summed E-state index contributed by atoms with van der Waals surface area (Å²) in [6.45, 7) is 0.388. The highest BCUT2D eigenvalue weighted by molar-refractivity contribution is 7.92. The fraction of sp³-hybridized carbons (Fsp3) is 0.207. The van der Waals surface area contributed by atoms with Crippen LogP contribution in [0, 0.1) is 5.92 Å². The first kappa shape index (κ1) is 29.3. The predicted molar refractivity (Wildman–Crippen MR) is 163 cm³/mol. The fourth-order valence-electron chi connectivity index (χ4n) is 4.82. The summed E-state index contributed by atoms with van der Waals surface area (Å²) in [4.78, 5) is 13.0. The summed E-state index contributed by atoms with van der Waals surface area (Å²) in [6.07, 6.45) is 0.700. The molecule has 0 bridgehead atoms. The Hall–Kier alpha value is -3.15. The molecule has 41 heavy (non-hydrogen) atoms. The molecule has 214 valence electrons. The molecule has 8 nitrogen and oxygen atoms in total. The molecule has 1 amide bonds. The first-order valence-corrected chi connectivity index (χ1v) is 16.7. The lowest BCUT2D eigenvalue weighted by atomic mass is 9.97. The van der Waals surface area contributed by atoms with Gasteiger partial charge in [0.05, 0.1) is 16.3 Å². The van der Waals surface area contributed by atoms with Crippen LogP contribution in [-0.4, -0.2) is 40.1 Å². The number of amides is 1. The Bertz CT molecular complexity index is 1780. The van der Waals surface area contributed by atoms with Crippen LogP contribution >= 0.6 is 23.2 Å². The number of nitrogens with zero attached hydrogens (tertiary/aromatic N) is 1. The SMILES string of the molecule is O=C(Nc1ccc(S(=O)(=O)Nc2cccc3ccccc23)cc1)C1CCN(S(=O)(=O)Cc2c(Cl)cccc2Cl)CC1. The van der Waals surface area contributed by atoms with Crippen LogP contribution in [0.4, 0.5) is 11.4 Å². The molecule has 5 rings (SSSR count). The van der Waals surface area contributed by atoms with Gasteiger partial charge in [0.2, 0.25) is 15.9 Å². The summed E-state index contributed by atoms with van der Waals surface area (Å²) in [5.74, 6) is -0.949. The standard InChI is InChI=1S/C29H27Cl2N3O5S2/c30-26-8-4-9-27(31)25(26)19-40(36,37)34-17-15-21(16-18-34)29(35)32-22-11-13-23(14-12-22)41(38,39)33-28-10-3-6-20-5-1-2-7-24(20)28/h1-14,21,33H,15-19H2,(H,32,35). The number of halogens is 2. The van der Waals surface area contributed by atoms with E-state index >= 15 is 0 Å². The molecule has 0 saturated carbocycles. The highest BCUT2D eigenvalue weighted by Crippen LogP contribution is 2.30. The maximum atomic E-state index is 13.0. The van der Waals surface area contributed by atoms with Crippen LogP contribution < -0.4 is 10.0 Å². The molecule has 2 N–H and O–H groups in total. The highest BCUT2D eigenvalue weighted by atomic mass is 35.5. The first-order chi connectivity index (χ1) is 19.5. The van der Waals surface area contributed by atoms with Crippen LogP contribution in [0.1, 0.15) is 18.4 Å². The minimum absolute atomic E-state index is 0.0561. The van der Waals surface area contributed by atoms with Gasteiger partial charge in [0.25, 0.3) is 10.0 Å². The number of piperidine rings is 1. The second-order valence-corrected chi connectivity index (χ2v) is 14.2. The van der Waals surface area contributed by atoms with E-state index in [9.17, 15) is 21.6 Å². The van der Waals surface area contributed by atoms with Crippen LogP contribution in [0.15, 0.2) is 89.8 Å². The summed E-state index contributed by atoms with van der Waals surface area (Å²) in [7, 11) is -7.53. The van der Waals surface area contributed by atoms with Gasteiger partial charge in [-0.05, 0) is 60.7 Å². The van der Waals surface area contributed by atoms with Crippen LogP contribution in [0.3, 0.4) is 0 Å². The van der Waals surface area contributed by atoms with Crippen LogP contribution in [0.25, 0.3) is 10.8 Å². The number of carbonyl (C=O) groups is 1. The summed E-state index contributed by atoms with van der Waals surface area (Å²) >= 11 is 12.3. The smallest absolute Gasteiger partial charge is 0.261 e. The van der Waals surface area contributed by atoms with Crippen molar-refractivity contribution >= 4 is 71.3 Å². The number of rotatable bonds is 8. The molecular formula is C29H27Cl2N3O5S2. The molecule has 0 aliphatic carbocycles. The largest absolute Gasteiger partial charge is 0.326 e. The maximum absolute atomic E-state index is 13.0. The number of hydrogen-bond donors (Lipinski definition) is 2. The molecule has 0 unspecified atom stereocenters. The Balaban J connectivity index is 1.18. The van der Waals surface area contributed by atoms with Gasteiger partial charge in [-0.1, -0.05) is 65.7 Å². The van der Waals surface area contributed by atoms with Crippen LogP contribution in [0.2, 0.25) is 10.0 Å². The number of hydrogen-bond acceptors (Lipinski definition) is 5. The number of fused-ring (bicyclic) bond motifs is 1. The van der Waals surface area contributed by atoms with Gasteiger partial charge in [0.1, 0.15) is 0 Å². The summed E-state index contributed by atoms with van der Waals surface area (Å²) in [5, 5.41) is 5.10. The minimum atomic E-state index is -3.86. The Morgan fingerprint density at radius 1 is 0.805 bits per heavy atom. The summed E-state index contributed by atoms with van der Waals surface area (Å²) in [6, 6.07) is 23.6. The monoisotopic (exact) mass is 631 g/mol. The van der Waals surface area contributed by atoms with E-state index in [0.717, 1.165) is 10.8 Å². The Kier molecular flexibility index (Phi) is 8.58. The van der Waals surface area contributed by atoms with E-state index in [2.05, 4.69) is 10.0 Å². The van der Waals surface area contributed by atoms with E-state index in [4.69, 9.17) is 23.2 Å². The average molecular weight is 633 g/mol. The number of anilines is 2. The highest BCUT2D eigenvalue weighted by Gasteiger charge is 2.32. The molecule has 4 aromatic rings. The molecule has 0 aromatic heterocycles. The minimum Gasteiger partial charge on any atom is -0.326 e. The lowest BCUT2D eigenvalue weighted by Gasteiger charge is -2.30. The molecule has 1 heterocycles. The zero-order valence-corrected chi connectivity index (χ0v) is 24.9. The molecule has 0 atom stereocenters. The zero-order chi connectivity index (χ0) is 29.2. The molecule has 0 spiro atoms. The van der Waals surface area contributed by atoms with Crippen LogP contribution in [-0.2, 0) is 30.6 Å². The van der Waals surface area contributed by atoms with E-state index in [1.54, 1.807) is 30.3 Å². The Morgan fingerprint density at radius 2 is 1.41 bits per heavy atom. The molecule has 1 saturated heterocycles. The van der Waals surface area contributed by atoms with Crippen molar-refractivity contribution in [2.24, 2.45) is 5.92 Å². The van der Waals surface area contributed by atoms with Crippen molar-refractivity contribution in [3.63, 3.8) is 0 Å². The number of nitrogens with one attached hydrogen (secondary N) is 2.